The van der Waals surface area contributed by atoms with Gasteiger partial charge in [-0.15, -0.1) is 0 Å². The number of anilines is 1. The molecule has 8 heteroatoms. The van der Waals surface area contributed by atoms with Gasteiger partial charge in [0.15, 0.2) is 11.5 Å². The van der Waals surface area contributed by atoms with Gasteiger partial charge in [-0.25, -0.2) is 13.6 Å². The summed E-state index contributed by atoms with van der Waals surface area (Å²) < 4.78 is 33.3. The molecule has 2 aromatic rings. The average Bonchev–Trinajstić information content (AvgIpc) is 2.60. The van der Waals surface area contributed by atoms with Crippen LogP contribution in [0.1, 0.15) is 5.56 Å². The molecule has 3 N–H and O–H groups in total. The molecule has 25 heavy (non-hydrogen) atoms. The molecule has 0 heterocycles. The highest BCUT2D eigenvalue weighted by Gasteiger charge is 2.09. The van der Waals surface area contributed by atoms with Crippen molar-refractivity contribution < 1.29 is 17.9 Å². The van der Waals surface area contributed by atoms with Crippen LogP contribution in [0.4, 0.5) is 5.69 Å². The second kappa shape index (κ2) is 8.32. The largest absolute Gasteiger partial charge is 0.493 e. The first kappa shape index (κ1) is 18.5. The number of sulfonamides is 1. The van der Waals surface area contributed by atoms with Gasteiger partial charge in [0.1, 0.15) is 6.61 Å². The smallest absolute Gasteiger partial charge is 0.238 e. The molecule has 0 aliphatic heterocycles. The lowest BCUT2D eigenvalue weighted by Crippen LogP contribution is -2.11. The number of methoxy groups -OCH3 is 1. The van der Waals surface area contributed by atoms with Gasteiger partial charge >= 0.3 is 0 Å². The highest BCUT2D eigenvalue weighted by atomic mass is 32.2. The van der Waals surface area contributed by atoms with Crippen LogP contribution < -0.4 is 20.0 Å². The monoisotopic (exact) mass is 361 g/mol. The fourth-order valence-electron chi connectivity index (χ4n) is 1.99. The van der Waals surface area contributed by atoms with E-state index < -0.39 is 10.0 Å². The Morgan fingerprint density at radius 2 is 1.96 bits per heavy atom. The fraction of sp³-hybridized carbons (Fsp3) is 0.118. The number of nitrogens with two attached hydrogens (primary N) is 1. The zero-order valence-corrected chi connectivity index (χ0v) is 14.5. The minimum absolute atomic E-state index is 0.0370. The number of hydrogen-bond donors (Lipinski definition) is 2. The van der Waals surface area contributed by atoms with Gasteiger partial charge in [-0.3, -0.25) is 5.43 Å². The number of nitrogens with zero attached hydrogens (tertiary/aromatic N) is 1. The first-order valence-electron chi connectivity index (χ1n) is 7.28. The van der Waals surface area contributed by atoms with Crippen LogP contribution in [0, 0.1) is 0 Å². The summed E-state index contributed by atoms with van der Waals surface area (Å²) in [6.45, 7) is 3.96. The van der Waals surface area contributed by atoms with Crippen molar-refractivity contribution in [1.29, 1.82) is 0 Å². The fourth-order valence-corrected chi connectivity index (χ4v) is 2.50. The van der Waals surface area contributed by atoms with Crippen molar-refractivity contribution in [3.05, 3.63) is 60.7 Å². The van der Waals surface area contributed by atoms with E-state index in [0.717, 1.165) is 5.56 Å². The molecule has 0 unspecified atom stereocenters. The number of primary sulfonamides is 1. The molecule has 7 nitrogen and oxygen atoms in total. The quantitative estimate of drug-likeness (QED) is 0.427. The van der Waals surface area contributed by atoms with Crippen LogP contribution in [0.25, 0.3) is 0 Å². The second-order valence-corrected chi connectivity index (χ2v) is 6.48. The number of para-hydroxylation sites is 1. The predicted octanol–water partition coefficient (Wildman–Crippen LogP) is 2.35. The van der Waals surface area contributed by atoms with Crippen molar-refractivity contribution in [2.24, 2.45) is 10.2 Å². The molecule has 132 valence electrons. The topological polar surface area (TPSA) is 103 Å². The third-order valence-corrected chi connectivity index (χ3v) is 4.08. The normalized spacial score (nSPS) is 11.3. The summed E-state index contributed by atoms with van der Waals surface area (Å²) in [7, 11) is -2.15. The molecule has 0 atom stereocenters. The number of rotatable bonds is 8. The van der Waals surface area contributed by atoms with Crippen LogP contribution >= 0.6 is 0 Å². The van der Waals surface area contributed by atoms with E-state index in [4.69, 9.17) is 14.6 Å². The van der Waals surface area contributed by atoms with Crippen molar-refractivity contribution in [2.45, 2.75) is 4.90 Å². The summed E-state index contributed by atoms with van der Waals surface area (Å²) in [5.74, 6) is 1.14. The summed E-state index contributed by atoms with van der Waals surface area (Å²) in [4.78, 5) is 0.0370. The summed E-state index contributed by atoms with van der Waals surface area (Å²) in [6, 6.07) is 11.4. The molecule has 0 saturated heterocycles. The third kappa shape index (κ3) is 5.07. The molecule has 0 saturated carbocycles. The zero-order valence-electron chi connectivity index (χ0n) is 13.7. The minimum atomic E-state index is -3.71. The van der Waals surface area contributed by atoms with Crippen LogP contribution in [0.5, 0.6) is 11.5 Å². The van der Waals surface area contributed by atoms with Crippen LogP contribution in [-0.2, 0) is 10.0 Å². The van der Waals surface area contributed by atoms with Crippen molar-refractivity contribution in [3.63, 3.8) is 0 Å². The number of ether oxygens (including phenoxy) is 2. The minimum Gasteiger partial charge on any atom is -0.493 e. The van der Waals surface area contributed by atoms with Gasteiger partial charge in [-0.05, 0) is 36.4 Å². The first-order valence-corrected chi connectivity index (χ1v) is 8.83. The predicted molar refractivity (Wildman–Crippen MR) is 97.7 cm³/mol. The lowest BCUT2D eigenvalue weighted by Gasteiger charge is -2.11. The lowest BCUT2D eigenvalue weighted by atomic mass is 10.2. The van der Waals surface area contributed by atoms with Gasteiger partial charge in [-0.2, -0.15) is 5.10 Å². The van der Waals surface area contributed by atoms with E-state index in [1.165, 1.54) is 12.1 Å². The molecule has 0 aliphatic rings. The highest BCUT2D eigenvalue weighted by Crippen LogP contribution is 2.30. The standard InChI is InChI=1S/C17H19N3O4S/c1-3-11-24-17-13(5-4-6-16(17)23-2)12-19-20-14-7-9-15(10-8-14)25(18,21)22/h3-10,12,20H,1,11H2,2H3,(H2,18,21,22)/b19-12+. The molecule has 0 spiro atoms. The zero-order chi connectivity index (χ0) is 18.3. The van der Waals surface area contributed by atoms with Gasteiger partial charge in [0.25, 0.3) is 0 Å². The molecule has 0 aliphatic carbocycles. The van der Waals surface area contributed by atoms with Gasteiger partial charge in [0.05, 0.1) is 23.9 Å². The maximum Gasteiger partial charge on any atom is 0.238 e. The van der Waals surface area contributed by atoms with E-state index in [9.17, 15) is 8.42 Å². The van der Waals surface area contributed by atoms with Gasteiger partial charge in [0.2, 0.25) is 10.0 Å². The molecule has 0 aromatic heterocycles. The molecule has 0 radical (unpaired) electrons. The van der Waals surface area contributed by atoms with E-state index in [0.29, 0.717) is 23.8 Å². The summed E-state index contributed by atoms with van der Waals surface area (Å²) in [5, 5.41) is 9.19. The van der Waals surface area contributed by atoms with E-state index in [-0.39, 0.29) is 4.90 Å². The molecule has 0 bridgehead atoms. The van der Waals surface area contributed by atoms with Gasteiger partial charge < -0.3 is 9.47 Å². The molecule has 2 rings (SSSR count). The second-order valence-electron chi connectivity index (χ2n) is 4.92. The van der Waals surface area contributed by atoms with Crippen LogP contribution in [0.15, 0.2) is 65.1 Å². The SMILES string of the molecule is C=CCOc1c(/C=N/Nc2ccc(S(N)(=O)=O)cc2)cccc1OC. The number of benzene rings is 2. The van der Waals surface area contributed by atoms with Crippen LogP contribution in [0.3, 0.4) is 0 Å². The maximum absolute atomic E-state index is 11.2. The van der Waals surface area contributed by atoms with Crippen molar-refractivity contribution in [3.8, 4) is 11.5 Å². The Hall–Kier alpha value is -2.84. The van der Waals surface area contributed by atoms with Crippen molar-refractivity contribution in [2.75, 3.05) is 19.1 Å². The third-order valence-electron chi connectivity index (χ3n) is 3.15. The Morgan fingerprint density at radius 1 is 1.24 bits per heavy atom. The van der Waals surface area contributed by atoms with Crippen molar-refractivity contribution in [1.82, 2.24) is 0 Å². The number of hydrogen-bond acceptors (Lipinski definition) is 6. The summed E-state index contributed by atoms with van der Waals surface area (Å²) >= 11 is 0. The molecular formula is C17H19N3O4S. The highest BCUT2D eigenvalue weighted by molar-refractivity contribution is 7.89. The molecule has 2 aromatic carbocycles. The van der Waals surface area contributed by atoms with E-state index >= 15 is 0 Å². The summed E-state index contributed by atoms with van der Waals surface area (Å²) in [6.07, 6.45) is 3.22. The Kier molecular flexibility index (Phi) is 6.15. The van der Waals surface area contributed by atoms with Crippen LogP contribution in [0.2, 0.25) is 0 Å². The number of nitrogens with one attached hydrogen (secondary N) is 1. The van der Waals surface area contributed by atoms with E-state index in [1.807, 2.05) is 12.1 Å². The lowest BCUT2D eigenvalue weighted by molar-refractivity contribution is 0.326. The first-order chi connectivity index (χ1) is 12.0. The van der Waals surface area contributed by atoms with Gasteiger partial charge in [-0.1, -0.05) is 18.7 Å². The summed E-state index contributed by atoms with van der Waals surface area (Å²) in [5.41, 5.74) is 4.14. The Morgan fingerprint density at radius 3 is 2.56 bits per heavy atom. The van der Waals surface area contributed by atoms with Gasteiger partial charge in [0, 0.05) is 5.56 Å². The average molecular weight is 361 g/mol. The molecule has 0 fully saturated rings. The van der Waals surface area contributed by atoms with E-state index in [2.05, 4.69) is 17.1 Å². The molecular weight excluding hydrogens is 342 g/mol. The maximum atomic E-state index is 11.2. The Labute approximate surface area is 146 Å². The van der Waals surface area contributed by atoms with Crippen LogP contribution in [-0.4, -0.2) is 28.3 Å². The van der Waals surface area contributed by atoms with Crippen molar-refractivity contribution >= 4 is 21.9 Å². The number of hydrazone groups is 1. The Bertz CT molecular complexity index is 862. The Balaban J connectivity index is 2.15. The van der Waals surface area contributed by atoms with E-state index in [1.54, 1.807) is 37.6 Å². The molecule has 0 amide bonds.